The summed E-state index contributed by atoms with van der Waals surface area (Å²) < 4.78 is 11.7. The smallest absolute Gasteiger partial charge is 0.550 e. The summed E-state index contributed by atoms with van der Waals surface area (Å²) >= 11 is 0. The van der Waals surface area contributed by atoms with Crippen LogP contribution >= 0.6 is 0 Å². The van der Waals surface area contributed by atoms with Crippen molar-refractivity contribution >= 4 is 23.9 Å². The number of fused-ring (bicyclic) bond motifs is 2. The predicted octanol–water partition coefficient (Wildman–Crippen LogP) is 2.21. The number of hydrogen-bond donors (Lipinski definition) is 6. The molecule has 4 rings (SSSR count). The van der Waals surface area contributed by atoms with Crippen LogP contribution in [0.2, 0.25) is 0 Å². The molecule has 0 aromatic rings. The number of rotatable bonds is 20. The van der Waals surface area contributed by atoms with Crippen molar-refractivity contribution in [1.82, 2.24) is 0 Å². The van der Waals surface area contributed by atoms with Gasteiger partial charge in [-0.25, -0.2) is 0 Å². The molecule has 15 heteroatoms. The first-order valence-corrected chi connectivity index (χ1v) is 21.9. The summed E-state index contributed by atoms with van der Waals surface area (Å²) in [5.74, 6) is -3.21. The topological polar surface area (TPSA) is 254 Å². The maximum Gasteiger partial charge on any atom is 2.00 e. The van der Waals surface area contributed by atoms with E-state index in [4.69, 9.17) is 9.47 Å². The number of aliphatic carboxylic acids is 2. The number of allylic oxidation sites excluding steroid dienone is 4. The number of ether oxygens (including phenoxy) is 2. The van der Waals surface area contributed by atoms with Gasteiger partial charge >= 0.3 is 31.4 Å². The molecular formula is C46H70O14Zn. The van der Waals surface area contributed by atoms with Crippen molar-refractivity contribution < 1.29 is 89.0 Å². The van der Waals surface area contributed by atoms with E-state index in [0.717, 1.165) is 11.1 Å². The second-order valence-electron chi connectivity index (χ2n) is 17.7. The molecule has 0 unspecified atom stereocenters. The van der Waals surface area contributed by atoms with Crippen LogP contribution in [0.15, 0.2) is 47.6 Å². The van der Waals surface area contributed by atoms with Gasteiger partial charge in [0.05, 0.1) is 48.5 Å². The Bertz CT molecular complexity index is 1430. The molecule has 0 bridgehead atoms. The van der Waals surface area contributed by atoms with E-state index in [2.05, 4.69) is 26.0 Å². The Hall–Kier alpha value is -2.78. The van der Waals surface area contributed by atoms with E-state index in [1.54, 1.807) is 0 Å². The van der Waals surface area contributed by atoms with Gasteiger partial charge < -0.3 is 59.9 Å². The van der Waals surface area contributed by atoms with Crippen LogP contribution in [0.4, 0.5) is 0 Å². The van der Waals surface area contributed by atoms with Crippen LogP contribution in [-0.4, -0.2) is 103 Å². The second kappa shape index (κ2) is 26.1. The van der Waals surface area contributed by atoms with Crippen LogP contribution in [-0.2, 0) is 48.1 Å². The van der Waals surface area contributed by atoms with Gasteiger partial charge in [-0.05, 0) is 86.2 Å². The van der Waals surface area contributed by atoms with Crippen LogP contribution in [0.3, 0.4) is 0 Å². The number of aliphatic hydroxyl groups excluding tert-OH is 6. The second-order valence-corrected chi connectivity index (χ2v) is 17.7. The Kier molecular flexibility index (Phi) is 23.3. The average molecular weight is 912 g/mol. The van der Waals surface area contributed by atoms with Crippen LogP contribution in [0.25, 0.3) is 0 Å². The summed E-state index contributed by atoms with van der Waals surface area (Å²) in [6, 6.07) is 0. The largest absolute Gasteiger partial charge is 2.00 e. The van der Waals surface area contributed by atoms with Crippen LogP contribution in [0.1, 0.15) is 119 Å². The summed E-state index contributed by atoms with van der Waals surface area (Å²) in [5.41, 5.74) is 1.90. The maximum absolute atomic E-state index is 12.4. The molecular weight excluding hydrogens is 842 g/mol. The molecule has 0 heterocycles. The Balaban J connectivity index is 0.000000413. The fourth-order valence-electron chi connectivity index (χ4n) is 9.02. The fourth-order valence-corrected chi connectivity index (χ4v) is 9.02. The quantitative estimate of drug-likeness (QED) is 0.0757. The standard InChI is InChI=1S/2C23H36O7.Zn/c2*1-4-13(2)23(29)30-20-11-17(25)9-15-6-5-14(3)19(22(15)20)8-7-16(24)10-18(26)12-21(27)28;/h2*5-6,9,13-14,16-20,22,24-26H,4,7-8,10-12H2,1-3H3,(H,27,28);/q;;+2/p-2/t2*13-,14-,16+,17+,18+,19-,20-,22-;/m00./s1. The molecule has 0 aromatic carbocycles. The predicted molar refractivity (Wildman–Crippen MR) is 218 cm³/mol. The summed E-state index contributed by atoms with van der Waals surface area (Å²) in [5, 5.41) is 81.7. The minimum atomic E-state index is -1.35. The van der Waals surface area contributed by atoms with E-state index >= 15 is 0 Å². The van der Waals surface area contributed by atoms with Gasteiger partial charge in [0.25, 0.3) is 0 Å². The van der Waals surface area contributed by atoms with E-state index < -0.39 is 73.6 Å². The average Bonchev–Trinajstić information content (AvgIpc) is 3.15. The first-order chi connectivity index (χ1) is 28.2. The third-order valence-corrected chi connectivity index (χ3v) is 12.9. The third kappa shape index (κ3) is 17.0. The SMILES string of the molecule is CC[C@H](C)C(=O)O[C@H]1C[C@H](O)C=C2C=C[C@H](C)[C@H](CC[C@@H](O)C[C@@H](O)CC(=O)[O-])[C@H]21.CC[C@H](C)C(=O)O[C@H]1C[C@H](O)C=C2C=C[C@H](C)[C@H](CC[C@@H](O)C[C@@H](O)CC(=O)[O-])[C@H]21.[Zn+2]. The van der Waals surface area contributed by atoms with E-state index in [1.807, 2.05) is 52.0 Å². The molecule has 0 aliphatic heterocycles. The Labute approximate surface area is 373 Å². The molecule has 0 saturated heterocycles. The number of esters is 2. The van der Waals surface area contributed by atoms with Gasteiger partial charge in [-0.15, -0.1) is 0 Å². The molecule has 0 saturated carbocycles. The first-order valence-electron chi connectivity index (χ1n) is 21.9. The number of carbonyl (C=O) groups excluding carboxylic acids is 4. The zero-order valence-corrected chi connectivity index (χ0v) is 39.8. The zero-order chi connectivity index (χ0) is 44.8. The molecule has 16 atom stereocenters. The van der Waals surface area contributed by atoms with E-state index in [9.17, 15) is 60.0 Å². The number of aliphatic hydroxyl groups is 6. The molecule has 340 valence electrons. The van der Waals surface area contributed by atoms with Crippen LogP contribution in [0, 0.1) is 47.3 Å². The van der Waals surface area contributed by atoms with Gasteiger partial charge in [-0.2, -0.15) is 0 Å². The van der Waals surface area contributed by atoms with Crippen LogP contribution in [0.5, 0.6) is 0 Å². The Morgan fingerprint density at radius 3 is 1.31 bits per heavy atom. The van der Waals surface area contributed by atoms with Gasteiger partial charge in [0, 0.05) is 49.5 Å². The normalized spacial score (nSPS) is 30.8. The van der Waals surface area contributed by atoms with Gasteiger partial charge in [0.15, 0.2) is 0 Å². The molecule has 0 radical (unpaired) electrons. The van der Waals surface area contributed by atoms with Gasteiger partial charge in [-0.1, -0.05) is 78.0 Å². The monoisotopic (exact) mass is 910 g/mol. The van der Waals surface area contributed by atoms with Crippen LogP contribution < -0.4 is 10.2 Å². The third-order valence-electron chi connectivity index (χ3n) is 12.9. The number of carboxylic acids is 2. The minimum Gasteiger partial charge on any atom is -0.550 e. The molecule has 0 amide bonds. The number of hydrogen-bond acceptors (Lipinski definition) is 14. The van der Waals surface area contributed by atoms with E-state index in [1.165, 1.54) is 0 Å². The molecule has 4 aliphatic carbocycles. The Morgan fingerprint density at radius 2 is 1.00 bits per heavy atom. The number of carbonyl (C=O) groups is 4. The van der Waals surface area contributed by atoms with Crippen molar-refractivity contribution in [2.24, 2.45) is 47.3 Å². The molecule has 0 fully saturated rings. The summed E-state index contributed by atoms with van der Waals surface area (Å²) in [6.07, 6.45) is 8.63. The number of carboxylic acid groups (broad SMARTS) is 2. The molecule has 6 N–H and O–H groups in total. The molecule has 14 nitrogen and oxygen atoms in total. The molecule has 61 heavy (non-hydrogen) atoms. The fraction of sp³-hybridized carbons (Fsp3) is 0.739. The van der Waals surface area contributed by atoms with Crippen molar-refractivity contribution in [3.05, 3.63) is 47.6 Å². The van der Waals surface area contributed by atoms with E-state index in [0.29, 0.717) is 51.4 Å². The van der Waals surface area contributed by atoms with Crippen molar-refractivity contribution in [3.63, 3.8) is 0 Å². The van der Waals surface area contributed by atoms with Crippen molar-refractivity contribution in [2.45, 2.75) is 167 Å². The zero-order valence-electron chi connectivity index (χ0n) is 36.8. The van der Waals surface area contributed by atoms with Crippen molar-refractivity contribution in [3.8, 4) is 0 Å². The molecule has 0 aromatic heterocycles. The summed E-state index contributed by atoms with van der Waals surface area (Å²) in [6.45, 7) is 11.7. The maximum atomic E-state index is 12.4. The van der Waals surface area contributed by atoms with Gasteiger partial charge in [-0.3, -0.25) is 9.59 Å². The van der Waals surface area contributed by atoms with Crippen molar-refractivity contribution in [1.29, 1.82) is 0 Å². The first kappa shape index (κ1) is 54.4. The van der Waals surface area contributed by atoms with Gasteiger partial charge in [0.2, 0.25) is 0 Å². The van der Waals surface area contributed by atoms with E-state index in [-0.39, 0.29) is 91.6 Å². The Morgan fingerprint density at radius 1 is 0.656 bits per heavy atom. The van der Waals surface area contributed by atoms with Crippen molar-refractivity contribution in [2.75, 3.05) is 0 Å². The summed E-state index contributed by atoms with van der Waals surface area (Å²) in [4.78, 5) is 46.0. The molecule has 0 spiro atoms. The summed E-state index contributed by atoms with van der Waals surface area (Å²) in [7, 11) is 0. The molecule has 4 aliphatic rings. The van der Waals surface area contributed by atoms with Gasteiger partial charge in [0.1, 0.15) is 12.2 Å². The minimum absolute atomic E-state index is 0.